The Kier molecular flexibility index (Phi) is 4.08. The molecule has 3 fully saturated rings. The van der Waals surface area contributed by atoms with Crippen LogP contribution in [0.4, 0.5) is 0 Å². The van der Waals surface area contributed by atoms with E-state index in [1.54, 1.807) is 0 Å². The Labute approximate surface area is 116 Å². The second-order valence-electron chi connectivity index (χ2n) is 6.49. The summed E-state index contributed by atoms with van der Waals surface area (Å²) in [4.78, 5) is 16.7. The molecular weight excluding hydrogens is 238 g/mol. The first kappa shape index (κ1) is 13.4. The smallest absolute Gasteiger partial charge is 0.239 e. The summed E-state index contributed by atoms with van der Waals surface area (Å²) in [5, 5.41) is 0. The maximum absolute atomic E-state index is 12.0. The average Bonchev–Trinajstić information content (AvgIpc) is 2.80. The maximum atomic E-state index is 12.0. The second-order valence-corrected chi connectivity index (χ2v) is 6.49. The van der Waals surface area contributed by atoms with Crippen molar-refractivity contribution in [3.8, 4) is 0 Å². The van der Waals surface area contributed by atoms with E-state index in [0.29, 0.717) is 6.04 Å². The lowest BCUT2D eigenvalue weighted by molar-refractivity contribution is -0.131. The van der Waals surface area contributed by atoms with Crippen LogP contribution in [-0.4, -0.2) is 53.5 Å². The molecule has 4 nitrogen and oxygen atoms in total. The molecule has 2 saturated heterocycles. The van der Waals surface area contributed by atoms with Gasteiger partial charge in [-0.15, -0.1) is 0 Å². The summed E-state index contributed by atoms with van der Waals surface area (Å²) in [6.07, 6.45) is 10.2. The molecule has 2 aliphatic heterocycles. The van der Waals surface area contributed by atoms with E-state index >= 15 is 0 Å². The van der Waals surface area contributed by atoms with Gasteiger partial charge in [-0.25, -0.2) is 0 Å². The van der Waals surface area contributed by atoms with Gasteiger partial charge in [0.2, 0.25) is 5.91 Å². The molecule has 3 aliphatic rings. The molecule has 0 aromatic rings. The van der Waals surface area contributed by atoms with Crippen molar-refractivity contribution in [3.05, 3.63) is 0 Å². The molecule has 1 aliphatic carbocycles. The van der Waals surface area contributed by atoms with Gasteiger partial charge in [0.1, 0.15) is 0 Å². The highest BCUT2D eigenvalue weighted by Gasteiger charge is 2.36. The van der Waals surface area contributed by atoms with Crippen LogP contribution in [-0.2, 0) is 4.79 Å². The molecule has 3 rings (SSSR count). The van der Waals surface area contributed by atoms with Gasteiger partial charge >= 0.3 is 0 Å². The van der Waals surface area contributed by atoms with Gasteiger partial charge in [-0.05, 0) is 32.1 Å². The molecule has 1 amide bonds. The zero-order valence-electron chi connectivity index (χ0n) is 11.9. The van der Waals surface area contributed by atoms with Crippen molar-refractivity contribution in [1.82, 2.24) is 9.80 Å². The van der Waals surface area contributed by atoms with Crippen molar-refractivity contribution in [1.29, 1.82) is 0 Å². The molecule has 2 N–H and O–H groups in total. The van der Waals surface area contributed by atoms with Crippen LogP contribution < -0.4 is 5.73 Å². The highest BCUT2D eigenvalue weighted by atomic mass is 16.2. The molecule has 1 unspecified atom stereocenters. The van der Waals surface area contributed by atoms with E-state index in [9.17, 15) is 4.79 Å². The molecule has 108 valence electrons. The quantitative estimate of drug-likeness (QED) is 0.820. The van der Waals surface area contributed by atoms with Gasteiger partial charge in [-0.2, -0.15) is 0 Å². The Balaban J connectivity index is 1.50. The van der Waals surface area contributed by atoms with Crippen LogP contribution in [0.5, 0.6) is 0 Å². The zero-order chi connectivity index (χ0) is 13.2. The van der Waals surface area contributed by atoms with Crippen molar-refractivity contribution >= 4 is 5.91 Å². The Morgan fingerprint density at radius 3 is 2.11 bits per heavy atom. The van der Waals surface area contributed by atoms with E-state index in [1.165, 1.54) is 45.2 Å². The number of carbonyl (C=O) groups is 1. The fraction of sp³-hybridized carbons (Fsp3) is 0.933. The first-order valence-electron chi connectivity index (χ1n) is 8.06. The lowest BCUT2D eigenvalue weighted by atomic mass is 9.92. The van der Waals surface area contributed by atoms with Crippen molar-refractivity contribution in [2.75, 3.05) is 19.6 Å². The monoisotopic (exact) mass is 265 g/mol. The summed E-state index contributed by atoms with van der Waals surface area (Å²) in [6, 6.07) is 1.06. The normalized spacial score (nSPS) is 32.2. The van der Waals surface area contributed by atoms with E-state index in [0.717, 1.165) is 31.8 Å². The third-order valence-corrected chi connectivity index (χ3v) is 5.31. The standard InChI is InChI=1S/C15H27N3O/c16-14-8-11-18(15(14)19)13-6-9-17(10-7-13)12-4-2-1-3-5-12/h12-14H,1-11,16H2. The van der Waals surface area contributed by atoms with Gasteiger partial charge in [0.25, 0.3) is 0 Å². The van der Waals surface area contributed by atoms with Crippen molar-refractivity contribution in [2.24, 2.45) is 5.73 Å². The van der Waals surface area contributed by atoms with Crippen molar-refractivity contribution in [3.63, 3.8) is 0 Å². The number of likely N-dealkylation sites (tertiary alicyclic amines) is 2. The summed E-state index contributed by atoms with van der Waals surface area (Å²) in [6.45, 7) is 3.23. The van der Waals surface area contributed by atoms with Gasteiger partial charge in [0.05, 0.1) is 6.04 Å². The molecule has 0 bridgehead atoms. The Hall–Kier alpha value is -0.610. The predicted octanol–water partition coefficient (Wildman–Crippen LogP) is 1.34. The molecule has 2 heterocycles. The lowest BCUT2D eigenvalue weighted by Gasteiger charge is -2.41. The number of piperidine rings is 1. The minimum atomic E-state index is -0.226. The number of hydrogen-bond acceptors (Lipinski definition) is 3. The fourth-order valence-electron chi connectivity index (χ4n) is 4.10. The van der Waals surface area contributed by atoms with Crippen LogP contribution in [0.15, 0.2) is 0 Å². The molecular formula is C15H27N3O. The number of nitrogens with zero attached hydrogens (tertiary/aromatic N) is 2. The number of nitrogens with two attached hydrogens (primary N) is 1. The van der Waals surface area contributed by atoms with Gasteiger partial charge in [0, 0.05) is 31.7 Å². The summed E-state index contributed by atoms with van der Waals surface area (Å²) < 4.78 is 0. The van der Waals surface area contributed by atoms with E-state index < -0.39 is 0 Å². The lowest BCUT2D eigenvalue weighted by Crippen LogP contribution is -2.50. The number of rotatable bonds is 2. The first-order chi connectivity index (χ1) is 9.25. The van der Waals surface area contributed by atoms with Gasteiger partial charge < -0.3 is 15.5 Å². The Morgan fingerprint density at radius 1 is 0.842 bits per heavy atom. The Bertz CT molecular complexity index is 319. The topological polar surface area (TPSA) is 49.6 Å². The summed E-state index contributed by atoms with van der Waals surface area (Å²) >= 11 is 0. The second kappa shape index (κ2) is 5.80. The minimum absolute atomic E-state index is 0.191. The third-order valence-electron chi connectivity index (χ3n) is 5.31. The number of hydrogen-bond donors (Lipinski definition) is 1. The van der Waals surface area contributed by atoms with E-state index in [-0.39, 0.29) is 11.9 Å². The largest absolute Gasteiger partial charge is 0.338 e. The molecule has 0 radical (unpaired) electrons. The predicted molar refractivity (Wildman–Crippen MR) is 75.8 cm³/mol. The molecule has 0 aromatic carbocycles. The molecule has 1 saturated carbocycles. The van der Waals surface area contributed by atoms with Crippen molar-refractivity contribution in [2.45, 2.75) is 69.5 Å². The summed E-state index contributed by atoms with van der Waals surface area (Å²) in [5.74, 6) is 0.191. The Morgan fingerprint density at radius 2 is 1.53 bits per heavy atom. The van der Waals surface area contributed by atoms with E-state index in [4.69, 9.17) is 5.73 Å². The first-order valence-corrected chi connectivity index (χ1v) is 8.06. The van der Waals surface area contributed by atoms with Crippen LogP contribution in [0, 0.1) is 0 Å². The van der Waals surface area contributed by atoms with Crippen LogP contribution >= 0.6 is 0 Å². The highest BCUT2D eigenvalue weighted by molar-refractivity contribution is 5.84. The molecule has 4 heteroatoms. The third kappa shape index (κ3) is 2.79. The van der Waals surface area contributed by atoms with Crippen LogP contribution in [0.1, 0.15) is 51.4 Å². The zero-order valence-corrected chi connectivity index (χ0v) is 11.9. The van der Waals surface area contributed by atoms with E-state index in [2.05, 4.69) is 9.80 Å². The fourth-order valence-corrected chi connectivity index (χ4v) is 4.10. The molecule has 0 aromatic heterocycles. The number of amides is 1. The molecule has 19 heavy (non-hydrogen) atoms. The SMILES string of the molecule is NC1CCN(C2CCN(C3CCCCC3)CC2)C1=O. The average molecular weight is 265 g/mol. The van der Waals surface area contributed by atoms with Crippen LogP contribution in [0.25, 0.3) is 0 Å². The van der Waals surface area contributed by atoms with E-state index in [1.807, 2.05) is 0 Å². The number of carbonyl (C=O) groups excluding carboxylic acids is 1. The maximum Gasteiger partial charge on any atom is 0.239 e. The summed E-state index contributed by atoms with van der Waals surface area (Å²) in [5.41, 5.74) is 5.82. The summed E-state index contributed by atoms with van der Waals surface area (Å²) in [7, 11) is 0. The van der Waals surface area contributed by atoms with Gasteiger partial charge in [-0.1, -0.05) is 19.3 Å². The van der Waals surface area contributed by atoms with Crippen molar-refractivity contribution < 1.29 is 4.79 Å². The van der Waals surface area contributed by atoms with Crippen LogP contribution in [0.2, 0.25) is 0 Å². The molecule has 0 spiro atoms. The minimum Gasteiger partial charge on any atom is -0.338 e. The highest BCUT2D eigenvalue weighted by Crippen LogP contribution is 2.27. The van der Waals surface area contributed by atoms with Gasteiger partial charge in [-0.3, -0.25) is 4.79 Å². The van der Waals surface area contributed by atoms with Gasteiger partial charge in [0.15, 0.2) is 0 Å². The van der Waals surface area contributed by atoms with Crippen LogP contribution in [0.3, 0.4) is 0 Å². The molecule has 1 atom stereocenters.